The Labute approximate surface area is 63.0 Å². The fourth-order valence-electron chi connectivity index (χ4n) is 0.554. The summed E-state index contributed by atoms with van der Waals surface area (Å²) in [7, 11) is 0. The highest BCUT2D eigenvalue weighted by Crippen LogP contribution is 2.06. The van der Waals surface area contributed by atoms with Crippen LogP contribution in [0.15, 0.2) is 0 Å². The van der Waals surface area contributed by atoms with Crippen molar-refractivity contribution >= 4 is 5.91 Å². The van der Waals surface area contributed by atoms with Gasteiger partial charge in [0, 0.05) is 12.0 Å². The summed E-state index contributed by atoms with van der Waals surface area (Å²) in [5, 5.41) is 2.92. The molecular weight excluding hydrogens is 126 g/mol. The first kappa shape index (κ1) is 9.47. The molecular formula is C8H17NO. The third-order valence-corrected chi connectivity index (χ3v) is 1.68. The number of carbonyl (C=O) groups excluding carboxylic acids is 1. The van der Waals surface area contributed by atoms with Gasteiger partial charge in [-0.15, -0.1) is 0 Å². The molecule has 0 aliphatic carbocycles. The predicted molar refractivity (Wildman–Crippen MR) is 42.8 cm³/mol. The van der Waals surface area contributed by atoms with Crippen LogP contribution in [0.3, 0.4) is 0 Å². The Balaban J connectivity index is 3.76. The van der Waals surface area contributed by atoms with E-state index in [1.165, 1.54) is 0 Å². The SMILES string of the molecule is CCC(=O)NC(C)(C)CC. The van der Waals surface area contributed by atoms with Crippen molar-refractivity contribution in [3.05, 3.63) is 0 Å². The molecule has 0 radical (unpaired) electrons. The van der Waals surface area contributed by atoms with E-state index in [4.69, 9.17) is 0 Å². The number of hydrogen-bond donors (Lipinski definition) is 1. The van der Waals surface area contributed by atoms with Crippen molar-refractivity contribution in [3.63, 3.8) is 0 Å². The minimum Gasteiger partial charge on any atom is -0.351 e. The second kappa shape index (κ2) is 3.59. The van der Waals surface area contributed by atoms with Crippen molar-refractivity contribution in [3.8, 4) is 0 Å². The molecule has 0 atom stereocenters. The van der Waals surface area contributed by atoms with Crippen molar-refractivity contribution in [2.45, 2.75) is 46.1 Å². The van der Waals surface area contributed by atoms with Crippen LogP contribution >= 0.6 is 0 Å². The monoisotopic (exact) mass is 143 g/mol. The highest BCUT2D eigenvalue weighted by atomic mass is 16.1. The van der Waals surface area contributed by atoms with Gasteiger partial charge in [0.15, 0.2) is 0 Å². The number of rotatable bonds is 3. The number of carbonyl (C=O) groups is 1. The van der Waals surface area contributed by atoms with E-state index in [9.17, 15) is 4.79 Å². The zero-order valence-electron chi connectivity index (χ0n) is 7.32. The molecule has 0 saturated heterocycles. The van der Waals surface area contributed by atoms with Crippen molar-refractivity contribution in [2.75, 3.05) is 0 Å². The van der Waals surface area contributed by atoms with Gasteiger partial charge in [0.1, 0.15) is 0 Å². The lowest BCUT2D eigenvalue weighted by Gasteiger charge is -2.23. The molecule has 1 N–H and O–H groups in total. The normalized spacial score (nSPS) is 11.2. The zero-order chi connectivity index (χ0) is 8.20. The maximum Gasteiger partial charge on any atom is 0.220 e. The molecule has 0 aromatic heterocycles. The lowest BCUT2D eigenvalue weighted by molar-refractivity contribution is -0.122. The van der Waals surface area contributed by atoms with Crippen molar-refractivity contribution < 1.29 is 4.79 Å². The third kappa shape index (κ3) is 3.49. The Morgan fingerprint density at radius 2 is 1.90 bits per heavy atom. The summed E-state index contributed by atoms with van der Waals surface area (Å²) >= 11 is 0. The smallest absolute Gasteiger partial charge is 0.220 e. The molecule has 0 aliphatic rings. The zero-order valence-corrected chi connectivity index (χ0v) is 7.32. The molecule has 0 bridgehead atoms. The Morgan fingerprint density at radius 3 is 2.20 bits per heavy atom. The Kier molecular flexibility index (Phi) is 3.40. The fourth-order valence-corrected chi connectivity index (χ4v) is 0.554. The summed E-state index contributed by atoms with van der Waals surface area (Å²) in [6.45, 7) is 7.98. The molecule has 0 aliphatic heterocycles. The van der Waals surface area contributed by atoms with E-state index in [1.807, 2.05) is 20.8 Å². The molecule has 10 heavy (non-hydrogen) atoms. The minimum atomic E-state index is -0.0346. The summed E-state index contributed by atoms with van der Waals surface area (Å²) in [4.78, 5) is 10.9. The van der Waals surface area contributed by atoms with Gasteiger partial charge in [0.2, 0.25) is 5.91 Å². The molecule has 0 spiro atoms. The number of nitrogens with one attached hydrogen (secondary N) is 1. The lowest BCUT2D eigenvalue weighted by Crippen LogP contribution is -2.42. The summed E-state index contributed by atoms with van der Waals surface area (Å²) in [5.74, 6) is 0.131. The van der Waals surface area contributed by atoms with Crippen molar-refractivity contribution in [1.82, 2.24) is 5.32 Å². The largest absolute Gasteiger partial charge is 0.351 e. The quantitative estimate of drug-likeness (QED) is 0.640. The Bertz CT molecular complexity index is 118. The van der Waals surface area contributed by atoms with Gasteiger partial charge in [0.25, 0.3) is 0 Å². The first-order valence-electron chi connectivity index (χ1n) is 3.83. The first-order chi connectivity index (χ1) is 4.52. The van der Waals surface area contributed by atoms with E-state index in [0.29, 0.717) is 6.42 Å². The molecule has 0 saturated carbocycles. The number of hydrogen-bond acceptors (Lipinski definition) is 1. The van der Waals surface area contributed by atoms with Gasteiger partial charge in [-0.05, 0) is 20.3 Å². The minimum absolute atomic E-state index is 0.0346. The van der Waals surface area contributed by atoms with Crippen LogP contribution in [0.2, 0.25) is 0 Å². The lowest BCUT2D eigenvalue weighted by atomic mass is 10.0. The maximum absolute atomic E-state index is 10.9. The summed E-state index contributed by atoms with van der Waals surface area (Å²) in [5.41, 5.74) is -0.0346. The van der Waals surface area contributed by atoms with Crippen molar-refractivity contribution in [2.24, 2.45) is 0 Å². The van der Waals surface area contributed by atoms with Crippen LogP contribution in [0.1, 0.15) is 40.5 Å². The summed E-state index contributed by atoms with van der Waals surface area (Å²) < 4.78 is 0. The van der Waals surface area contributed by atoms with Crippen LogP contribution in [0.5, 0.6) is 0 Å². The van der Waals surface area contributed by atoms with Crippen LogP contribution in [0, 0.1) is 0 Å². The number of amides is 1. The van der Waals surface area contributed by atoms with E-state index >= 15 is 0 Å². The van der Waals surface area contributed by atoms with Crippen LogP contribution in [-0.2, 0) is 4.79 Å². The molecule has 0 aromatic rings. The standard InChI is InChI=1S/C8H17NO/c1-5-7(10)9-8(3,4)6-2/h5-6H2,1-4H3,(H,9,10). The second-order valence-corrected chi connectivity index (χ2v) is 3.14. The molecule has 0 rings (SSSR count). The van der Waals surface area contributed by atoms with Crippen LogP contribution in [-0.4, -0.2) is 11.4 Å². The highest BCUT2D eigenvalue weighted by Gasteiger charge is 2.15. The topological polar surface area (TPSA) is 29.1 Å². The van der Waals surface area contributed by atoms with Gasteiger partial charge >= 0.3 is 0 Å². The average molecular weight is 143 g/mol. The maximum atomic E-state index is 10.9. The third-order valence-electron chi connectivity index (χ3n) is 1.68. The van der Waals surface area contributed by atoms with Gasteiger partial charge in [-0.25, -0.2) is 0 Å². The van der Waals surface area contributed by atoms with Crippen LogP contribution in [0.25, 0.3) is 0 Å². The molecule has 0 fully saturated rings. The van der Waals surface area contributed by atoms with Gasteiger partial charge in [-0.1, -0.05) is 13.8 Å². The van der Waals surface area contributed by atoms with Gasteiger partial charge in [-0.2, -0.15) is 0 Å². The average Bonchev–Trinajstić information content (AvgIpc) is 1.87. The van der Waals surface area contributed by atoms with Crippen LogP contribution in [0.4, 0.5) is 0 Å². The summed E-state index contributed by atoms with van der Waals surface area (Å²) in [6.07, 6.45) is 1.54. The molecule has 0 heterocycles. The predicted octanol–water partition coefficient (Wildman–Crippen LogP) is 1.70. The van der Waals surface area contributed by atoms with Gasteiger partial charge in [0.05, 0.1) is 0 Å². The van der Waals surface area contributed by atoms with E-state index in [2.05, 4.69) is 12.2 Å². The van der Waals surface area contributed by atoms with E-state index in [0.717, 1.165) is 6.42 Å². The summed E-state index contributed by atoms with van der Waals surface area (Å²) in [6, 6.07) is 0. The molecule has 2 heteroatoms. The molecule has 0 aromatic carbocycles. The van der Waals surface area contributed by atoms with E-state index in [-0.39, 0.29) is 11.4 Å². The van der Waals surface area contributed by atoms with E-state index in [1.54, 1.807) is 0 Å². The Morgan fingerprint density at radius 1 is 1.40 bits per heavy atom. The van der Waals surface area contributed by atoms with Crippen LogP contribution < -0.4 is 5.32 Å². The molecule has 1 amide bonds. The molecule has 60 valence electrons. The van der Waals surface area contributed by atoms with Gasteiger partial charge < -0.3 is 5.32 Å². The van der Waals surface area contributed by atoms with E-state index < -0.39 is 0 Å². The second-order valence-electron chi connectivity index (χ2n) is 3.14. The fraction of sp³-hybridized carbons (Fsp3) is 0.875. The first-order valence-corrected chi connectivity index (χ1v) is 3.83. The molecule has 2 nitrogen and oxygen atoms in total. The Hall–Kier alpha value is -0.530. The molecule has 0 unspecified atom stereocenters. The van der Waals surface area contributed by atoms with Crippen molar-refractivity contribution in [1.29, 1.82) is 0 Å². The highest BCUT2D eigenvalue weighted by molar-refractivity contribution is 5.76. The van der Waals surface area contributed by atoms with Gasteiger partial charge in [-0.3, -0.25) is 4.79 Å².